The highest BCUT2D eigenvalue weighted by molar-refractivity contribution is 7.45. The third-order valence-electron chi connectivity index (χ3n) is 7.26. The Kier molecular flexibility index (Phi) is 30.7. The quantitative estimate of drug-likeness (QED) is 0.0321. The van der Waals surface area contributed by atoms with E-state index in [0.717, 1.165) is 77.0 Å². The number of aliphatic hydroxyl groups excluding tert-OH is 1. The smallest absolute Gasteiger partial charge is 0.268 e. The number of aliphatic hydroxyl groups is 1. The molecule has 0 radical (unpaired) electrons. The summed E-state index contributed by atoms with van der Waals surface area (Å²) in [5.74, 6) is -0.261. The molecule has 0 aliphatic carbocycles. The van der Waals surface area contributed by atoms with Crippen LogP contribution < -0.4 is 10.2 Å². The standard InChI is InChI=1S/C41H69N2O6P/c1-6-8-10-12-14-15-16-17-18-19-20-21-22-23-24-25-26-27-29-31-33-35-41(45)42-39(40(44)34-32-30-28-13-11-9-7-2)38-49-50(46,47)48-37-36-43(3,4)5/h8,10-11,13-15,17-18,20-21,23-24,26-27,32,34,39-40,44H,6-7,9,12,16,19,22,25,28-31,33,35-38H2,1-5H3,(H-,42,45,46,47)/b10-8-,13-11+,15-14-,18-17-,21-20-,24-23-,27-26-,34-32+. The summed E-state index contributed by atoms with van der Waals surface area (Å²) < 4.78 is 22.9. The molecule has 0 bridgehead atoms. The normalized spacial score (nSPS) is 15.7. The third kappa shape index (κ3) is 33.9. The van der Waals surface area contributed by atoms with Gasteiger partial charge in [0.1, 0.15) is 13.2 Å². The molecule has 0 saturated heterocycles. The summed E-state index contributed by atoms with van der Waals surface area (Å²) in [4.78, 5) is 25.0. The predicted molar refractivity (Wildman–Crippen MR) is 209 cm³/mol. The van der Waals surface area contributed by atoms with E-state index in [-0.39, 0.29) is 18.9 Å². The van der Waals surface area contributed by atoms with Gasteiger partial charge in [-0.05, 0) is 77.0 Å². The van der Waals surface area contributed by atoms with Crippen molar-refractivity contribution in [3.8, 4) is 0 Å². The van der Waals surface area contributed by atoms with Gasteiger partial charge >= 0.3 is 0 Å². The zero-order valence-corrected chi connectivity index (χ0v) is 32.7. The third-order valence-corrected chi connectivity index (χ3v) is 8.22. The maximum Gasteiger partial charge on any atom is 0.268 e. The Hall–Kier alpha value is -2.58. The highest BCUT2D eigenvalue weighted by atomic mass is 31.2. The van der Waals surface area contributed by atoms with Gasteiger partial charge in [-0.3, -0.25) is 9.36 Å². The first-order valence-corrected chi connectivity index (χ1v) is 20.1. The number of hydrogen-bond donors (Lipinski definition) is 2. The monoisotopic (exact) mass is 716 g/mol. The van der Waals surface area contributed by atoms with Crippen molar-refractivity contribution < 1.29 is 32.9 Å². The van der Waals surface area contributed by atoms with Crippen LogP contribution in [-0.4, -0.2) is 68.5 Å². The lowest BCUT2D eigenvalue weighted by molar-refractivity contribution is -0.870. The van der Waals surface area contributed by atoms with E-state index in [1.807, 2.05) is 27.2 Å². The van der Waals surface area contributed by atoms with Crippen LogP contribution in [0.15, 0.2) is 97.2 Å². The van der Waals surface area contributed by atoms with Crippen molar-refractivity contribution in [2.45, 2.75) is 116 Å². The number of allylic oxidation sites excluding steroid dienone is 15. The Balaban J connectivity index is 4.50. The van der Waals surface area contributed by atoms with Gasteiger partial charge in [-0.2, -0.15) is 0 Å². The molecule has 3 atom stereocenters. The summed E-state index contributed by atoms with van der Waals surface area (Å²) in [5, 5.41) is 13.5. The Morgan fingerprint density at radius 1 is 0.720 bits per heavy atom. The van der Waals surface area contributed by atoms with Crippen LogP contribution in [0.4, 0.5) is 0 Å². The summed E-state index contributed by atoms with van der Waals surface area (Å²) in [6.07, 6.45) is 44.8. The first-order valence-electron chi connectivity index (χ1n) is 18.6. The van der Waals surface area contributed by atoms with Gasteiger partial charge in [0.15, 0.2) is 0 Å². The number of nitrogens with zero attached hydrogens (tertiary/aromatic N) is 1. The second-order valence-corrected chi connectivity index (χ2v) is 14.6. The molecule has 0 aromatic heterocycles. The number of phosphoric ester groups is 1. The zero-order valence-electron chi connectivity index (χ0n) is 31.8. The molecule has 2 N–H and O–H groups in total. The van der Waals surface area contributed by atoms with E-state index in [0.29, 0.717) is 17.4 Å². The number of likely N-dealkylation sites (N-methyl/N-ethyl adjacent to an activating group) is 1. The number of phosphoric acid groups is 1. The van der Waals surface area contributed by atoms with Crippen molar-refractivity contribution >= 4 is 13.7 Å². The summed E-state index contributed by atoms with van der Waals surface area (Å²) >= 11 is 0. The van der Waals surface area contributed by atoms with Crippen LogP contribution in [0.1, 0.15) is 104 Å². The van der Waals surface area contributed by atoms with Crippen molar-refractivity contribution in [3.63, 3.8) is 0 Å². The fourth-order valence-electron chi connectivity index (χ4n) is 4.29. The molecule has 0 spiro atoms. The minimum Gasteiger partial charge on any atom is -0.756 e. The van der Waals surface area contributed by atoms with Gasteiger partial charge in [-0.25, -0.2) is 0 Å². The number of unbranched alkanes of at least 4 members (excludes halogenated alkanes) is 4. The topological polar surface area (TPSA) is 108 Å². The number of carbonyl (C=O) groups excluding carboxylic acids is 1. The van der Waals surface area contributed by atoms with Gasteiger partial charge in [-0.15, -0.1) is 0 Å². The molecule has 9 heteroatoms. The van der Waals surface area contributed by atoms with Crippen LogP contribution in [0.5, 0.6) is 0 Å². The van der Waals surface area contributed by atoms with Crippen molar-refractivity contribution in [1.82, 2.24) is 5.32 Å². The summed E-state index contributed by atoms with van der Waals surface area (Å²) in [7, 11) is 1.19. The number of rotatable bonds is 31. The van der Waals surface area contributed by atoms with Crippen LogP contribution in [0.25, 0.3) is 0 Å². The van der Waals surface area contributed by atoms with E-state index >= 15 is 0 Å². The highest BCUT2D eigenvalue weighted by Gasteiger charge is 2.23. The van der Waals surface area contributed by atoms with E-state index in [2.05, 4.69) is 104 Å². The average molecular weight is 717 g/mol. The van der Waals surface area contributed by atoms with Crippen LogP contribution >= 0.6 is 7.82 Å². The molecule has 1 amide bonds. The van der Waals surface area contributed by atoms with Gasteiger partial charge < -0.3 is 28.8 Å². The zero-order chi connectivity index (χ0) is 37.2. The fourth-order valence-corrected chi connectivity index (χ4v) is 5.01. The van der Waals surface area contributed by atoms with Crippen LogP contribution in [-0.2, 0) is 18.4 Å². The van der Waals surface area contributed by atoms with Crippen molar-refractivity contribution in [1.29, 1.82) is 0 Å². The van der Waals surface area contributed by atoms with Crippen molar-refractivity contribution in [3.05, 3.63) is 97.2 Å². The van der Waals surface area contributed by atoms with Gasteiger partial charge in [0.25, 0.3) is 7.82 Å². The summed E-state index contributed by atoms with van der Waals surface area (Å²) in [6, 6.07) is -0.929. The lowest BCUT2D eigenvalue weighted by Gasteiger charge is -2.29. The lowest BCUT2D eigenvalue weighted by Crippen LogP contribution is -2.45. The van der Waals surface area contributed by atoms with Crippen LogP contribution in [0.2, 0.25) is 0 Å². The van der Waals surface area contributed by atoms with Gasteiger partial charge in [0.05, 0.1) is 39.9 Å². The van der Waals surface area contributed by atoms with Crippen molar-refractivity contribution in [2.75, 3.05) is 40.9 Å². The van der Waals surface area contributed by atoms with Gasteiger partial charge in [-0.1, -0.05) is 117 Å². The Labute approximate surface area is 305 Å². The second kappa shape index (κ2) is 32.3. The molecule has 3 unspecified atom stereocenters. The van der Waals surface area contributed by atoms with E-state index in [4.69, 9.17) is 9.05 Å². The van der Waals surface area contributed by atoms with Crippen LogP contribution in [0.3, 0.4) is 0 Å². The molecule has 0 aliphatic rings. The molecule has 0 rings (SSSR count). The SMILES string of the molecule is CC/C=C\C/C=C\C/C=C\C/C=C\C/C=C\C/C=C\CCCCC(=O)NC(COP(=O)([O-])OCC[N+](C)(C)C)C(O)/C=C/CC/C=C/CCC. The largest absolute Gasteiger partial charge is 0.756 e. The number of nitrogens with one attached hydrogen (secondary N) is 1. The molecule has 0 heterocycles. The van der Waals surface area contributed by atoms with Gasteiger partial charge in [0, 0.05) is 6.42 Å². The first kappa shape index (κ1) is 47.4. The molecule has 0 fully saturated rings. The Bertz CT molecular complexity index is 1130. The van der Waals surface area contributed by atoms with Crippen LogP contribution in [0, 0.1) is 0 Å². The predicted octanol–water partition coefficient (Wildman–Crippen LogP) is 8.99. The molecule has 0 aromatic carbocycles. The molecule has 8 nitrogen and oxygen atoms in total. The van der Waals surface area contributed by atoms with E-state index < -0.39 is 26.6 Å². The molecule has 0 aliphatic heterocycles. The highest BCUT2D eigenvalue weighted by Crippen LogP contribution is 2.38. The average Bonchev–Trinajstić information content (AvgIpc) is 3.06. The van der Waals surface area contributed by atoms with E-state index in [9.17, 15) is 19.4 Å². The molecule has 50 heavy (non-hydrogen) atoms. The lowest BCUT2D eigenvalue weighted by atomic mass is 10.1. The minimum absolute atomic E-state index is 0.0218. The van der Waals surface area contributed by atoms with Gasteiger partial charge in [0.2, 0.25) is 5.91 Å². The maximum absolute atomic E-state index is 12.7. The molecule has 0 saturated carbocycles. The van der Waals surface area contributed by atoms with E-state index in [1.54, 1.807) is 6.08 Å². The molecular weight excluding hydrogens is 647 g/mol. The summed E-state index contributed by atoms with van der Waals surface area (Å²) in [6.45, 7) is 4.31. The number of amides is 1. The second-order valence-electron chi connectivity index (χ2n) is 13.2. The molecule has 0 aromatic rings. The summed E-state index contributed by atoms with van der Waals surface area (Å²) in [5.41, 5.74) is 0. The van der Waals surface area contributed by atoms with E-state index in [1.165, 1.54) is 0 Å². The maximum atomic E-state index is 12.7. The van der Waals surface area contributed by atoms with Crippen molar-refractivity contribution in [2.24, 2.45) is 0 Å². The number of hydrogen-bond acceptors (Lipinski definition) is 6. The first-order chi connectivity index (χ1) is 24.0. The Morgan fingerprint density at radius 3 is 1.76 bits per heavy atom. The number of quaternary nitrogens is 1. The molecule has 284 valence electrons. The number of carbonyl (C=O) groups is 1. The molecular formula is C41H69N2O6P. The Morgan fingerprint density at radius 2 is 1.22 bits per heavy atom. The minimum atomic E-state index is -4.60. The fraction of sp³-hybridized carbons (Fsp3) is 0.585.